The highest BCUT2D eigenvalue weighted by Gasteiger charge is 2.09. The molecule has 0 atom stereocenters. The molecule has 1 aromatic heterocycles. The molecule has 5 heteroatoms. The fourth-order valence-electron chi connectivity index (χ4n) is 1.42. The summed E-state index contributed by atoms with van der Waals surface area (Å²) in [7, 11) is 0. The minimum atomic E-state index is -0.0395. The number of carbonyl (C=O) groups is 1. The van der Waals surface area contributed by atoms with Gasteiger partial charge < -0.3 is 9.26 Å². The monoisotopic (exact) mass is 232 g/mol. The summed E-state index contributed by atoms with van der Waals surface area (Å²) in [5.74, 6) is 1.43. The van der Waals surface area contributed by atoms with Crippen molar-refractivity contribution in [2.75, 3.05) is 0 Å². The van der Waals surface area contributed by atoms with Crippen molar-refractivity contribution < 1.29 is 14.1 Å². The van der Waals surface area contributed by atoms with Crippen LogP contribution in [-0.4, -0.2) is 15.9 Å². The van der Waals surface area contributed by atoms with Gasteiger partial charge in [-0.15, -0.1) is 0 Å². The van der Waals surface area contributed by atoms with E-state index in [4.69, 9.17) is 9.26 Å². The molecule has 0 unspecified atom stereocenters. The van der Waals surface area contributed by atoms with E-state index in [9.17, 15) is 4.79 Å². The van der Waals surface area contributed by atoms with E-state index in [0.29, 0.717) is 23.0 Å². The van der Waals surface area contributed by atoms with Crippen molar-refractivity contribution in [3.8, 4) is 5.75 Å². The predicted molar refractivity (Wildman–Crippen MR) is 59.8 cm³/mol. The quantitative estimate of drug-likeness (QED) is 0.756. The van der Waals surface area contributed by atoms with Crippen molar-refractivity contribution in [3.05, 3.63) is 41.5 Å². The Kier molecular flexibility index (Phi) is 3.18. The Morgan fingerprint density at radius 1 is 1.41 bits per heavy atom. The van der Waals surface area contributed by atoms with Crippen molar-refractivity contribution >= 4 is 5.78 Å². The lowest BCUT2D eigenvalue weighted by Gasteiger charge is -2.06. The van der Waals surface area contributed by atoms with Crippen molar-refractivity contribution in [3.63, 3.8) is 0 Å². The van der Waals surface area contributed by atoms with Gasteiger partial charge in [0, 0.05) is 0 Å². The number of para-hydroxylation sites is 1. The van der Waals surface area contributed by atoms with Crippen LogP contribution in [0.5, 0.6) is 5.75 Å². The number of benzene rings is 1. The van der Waals surface area contributed by atoms with E-state index in [0.717, 1.165) is 0 Å². The second-order valence-electron chi connectivity index (χ2n) is 3.58. The minimum Gasteiger partial charge on any atom is -0.483 e. The molecule has 0 aliphatic carbocycles. The molecule has 0 saturated carbocycles. The minimum absolute atomic E-state index is 0.0395. The number of Topliss-reactive ketones (excluding diaryl/α,β-unsaturated/α-hetero) is 1. The molecule has 0 aliphatic heterocycles. The molecule has 0 saturated heterocycles. The fraction of sp³-hybridized carbons (Fsp3) is 0.250. The summed E-state index contributed by atoms with van der Waals surface area (Å²) in [6.07, 6.45) is 0. The summed E-state index contributed by atoms with van der Waals surface area (Å²) in [6.45, 7) is 3.39. The van der Waals surface area contributed by atoms with Gasteiger partial charge in [-0.1, -0.05) is 17.3 Å². The highest BCUT2D eigenvalue weighted by molar-refractivity contribution is 5.96. The van der Waals surface area contributed by atoms with Gasteiger partial charge >= 0.3 is 0 Å². The topological polar surface area (TPSA) is 65.2 Å². The van der Waals surface area contributed by atoms with E-state index in [1.54, 1.807) is 31.2 Å². The van der Waals surface area contributed by atoms with Gasteiger partial charge in [-0.05, 0) is 26.0 Å². The summed E-state index contributed by atoms with van der Waals surface area (Å²) in [4.78, 5) is 15.4. The molecule has 0 amide bonds. The molecule has 1 aromatic carbocycles. The number of aryl methyl sites for hydroxylation is 1. The normalized spacial score (nSPS) is 10.2. The van der Waals surface area contributed by atoms with Gasteiger partial charge in [0.15, 0.2) is 18.2 Å². The first-order valence-electron chi connectivity index (χ1n) is 5.19. The Bertz CT molecular complexity index is 534. The Morgan fingerprint density at radius 2 is 2.18 bits per heavy atom. The number of carbonyl (C=O) groups excluding carboxylic acids is 1. The summed E-state index contributed by atoms with van der Waals surface area (Å²) >= 11 is 0. The van der Waals surface area contributed by atoms with Crippen LogP contribution in [0.1, 0.15) is 29.0 Å². The zero-order chi connectivity index (χ0) is 12.3. The molecule has 0 fully saturated rings. The number of ether oxygens (including phenoxy) is 1. The molecule has 0 spiro atoms. The van der Waals surface area contributed by atoms with Crippen LogP contribution in [0.4, 0.5) is 0 Å². The molecule has 0 bridgehead atoms. The molecule has 17 heavy (non-hydrogen) atoms. The Labute approximate surface area is 98.4 Å². The first-order valence-corrected chi connectivity index (χ1v) is 5.19. The molecule has 1 heterocycles. The summed E-state index contributed by atoms with van der Waals surface area (Å²) in [5.41, 5.74) is 0.545. The number of aromatic nitrogens is 2. The Morgan fingerprint density at radius 3 is 2.82 bits per heavy atom. The van der Waals surface area contributed by atoms with Crippen LogP contribution >= 0.6 is 0 Å². The summed E-state index contributed by atoms with van der Waals surface area (Å²) in [6, 6.07) is 7.05. The molecule has 0 N–H and O–H groups in total. The van der Waals surface area contributed by atoms with Gasteiger partial charge in [0.05, 0.1) is 5.56 Å². The third-order valence-electron chi connectivity index (χ3n) is 2.19. The van der Waals surface area contributed by atoms with Crippen LogP contribution in [0.3, 0.4) is 0 Å². The molecule has 5 nitrogen and oxygen atoms in total. The maximum absolute atomic E-state index is 11.4. The van der Waals surface area contributed by atoms with Gasteiger partial charge in [-0.25, -0.2) is 0 Å². The number of ketones is 1. The molecular formula is C12H12N2O3. The zero-order valence-electron chi connectivity index (χ0n) is 9.64. The average molecular weight is 232 g/mol. The van der Waals surface area contributed by atoms with E-state index < -0.39 is 0 Å². The first kappa shape index (κ1) is 11.3. The van der Waals surface area contributed by atoms with Crippen LogP contribution in [0.15, 0.2) is 28.8 Å². The molecular weight excluding hydrogens is 220 g/mol. The number of rotatable bonds is 4. The molecule has 0 aliphatic rings. The van der Waals surface area contributed by atoms with Crippen molar-refractivity contribution in [2.45, 2.75) is 20.5 Å². The average Bonchev–Trinajstić information content (AvgIpc) is 2.73. The van der Waals surface area contributed by atoms with Gasteiger partial charge in [0.25, 0.3) is 5.89 Å². The lowest BCUT2D eigenvalue weighted by Crippen LogP contribution is -2.01. The second-order valence-corrected chi connectivity index (χ2v) is 3.58. The van der Waals surface area contributed by atoms with E-state index in [2.05, 4.69) is 10.1 Å². The van der Waals surface area contributed by atoms with E-state index in [1.165, 1.54) is 6.92 Å². The Hall–Kier alpha value is -2.17. The largest absolute Gasteiger partial charge is 0.483 e. The van der Waals surface area contributed by atoms with E-state index in [1.807, 2.05) is 0 Å². The summed E-state index contributed by atoms with van der Waals surface area (Å²) < 4.78 is 10.4. The third-order valence-corrected chi connectivity index (χ3v) is 2.19. The van der Waals surface area contributed by atoms with Gasteiger partial charge in [-0.3, -0.25) is 4.79 Å². The fourth-order valence-corrected chi connectivity index (χ4v) is 1.42. The van der Waals surface area contributed by atoms with Crippen LogP contribution in [0, 0.1) is 6.92 Å². The van der Waals surface area contributed by atoms with Gasteiger partial charge in [0.2, 0.25) is 0 Å². The van der Waals surface area contributed by atoms with Crippen LogP contribution in [0.2, 0.25) is 0 Å². The molecule has 0 radical (unpaired) electrons. The van der Waals surface area contributed by atoms with Crippen molar-refractivity contribution in [1.29, 1.82) is 0 Å². The lowest BCUT2D eigenvalue weighted by molar-refractivity contribution is 0.101. The summed E-state index contributed by atoms with van der Waals surface area (Å²) in [5, 5.41) is 3.65. The van der Waals surface area contributed by atoms with Crippen molar-refractivity contribution in [1.82, 2.24) is 10.1 Å². The molecule has 2 aromatic rings. The third kappa shape index (κ3) is 2.69. The SMILES string of the molecule is CC(=O)c1ccccc1OCc1nc(C)no1. The maximum Gasteiger partial charge on any atom is 0.264 e. The number of hydrogen-bond acceptors (Lipinski definition) is 5. The van der Waals surface area contributed by atoms with Gasteiger partial charge in [-0.2, -0.15) is 4.98 Å². The molecule has 2 rings (SSSR count). The van der Waals surface area contributed by atoms with E-state index >= 15 is 0 Å². The standard InChI is InChI=1S/C12H12N2O3/c1-8(15)10-5-3-4-6-11(10)16-7-12-13-9(2)14-17-12/h3-6H,7H2,1-2H3. The maximum atomic E-state index is 11.4. The van der Waals surface area contributed by atoms with Crippen LogP contribution < -0.4 is 4.74 Å². The van der Waals surface area contributed by atoms with Crippen LogP contribution in [-0.2, 0) is 6.61 Å². The number of hydrogen-bond donors (Lipinski definition) is 0. The second kappa shape index (κ2) is 4.78. The number of nitrogens with zero attached hydrogens (tertiary/aromatic N) is 2. The van der Waals surface area contributed by atoms with Crippen LogP contribution in [0.25, 0.3) is 0 Å². The van der Waals surface area contributed by atoms with E-state index in [-0.39, 0.29) is 12.4 Å². The lowest BCUT2D eigenvalue weighted by atomic mass is 10.1. The smallest absolute Gasteiger partial charge is 0.264 e. The highest BCUT2D eigenvalue weighted by Crippen LogP contribution is 2.19. The molecule has 88 valence electrons. The van der Waals surface area contributed by atoms with Gasteiger partial charge in [0.1, 0.15) is 5.75 Å². The zero-order valence-corrected chi connectivity index (χ0v) is 9.64. The predicted octanol–water partition coefficient (Wildman–Crippen LogP) is 2.16. The Balaban J connectivity index is 2.11. The van der Waals surface area contributed by atoms with Crippen molar-refractivity contribution in [2.24, 2.45) is 0 Å². The highest BCUT2D eigenvalue weighted by atomic mass is 16.5. The first-order chi connectivity index (χ1) is 8.16.